The van der Waals surface area contributed by atoms with Crippen molar-refractivity contribution in [2.24, 2.45) is 0 Å². The van der Waals surface area contributed by atoms with Crippen LogP contribution in [-0.4, -0.2) is 18.9 Å². The zero-order valence-electron chi connectivity index (χ0n) is 10.2. The summed E-state index contributed by atoms with van der Waals surface area (Å²) in [6.45, 7) is 0. The van der Waals surface area contributed by atoms with Gasteiger partial charge in [-0.05, 0) is 28.7 Å². The largest absolute Gasteiger partial charge is 0.465 e. The lowest BCUT2D eigenvalue weighted by Gasteiger charge is -2.09. The van der Waals surface area contributed by atoms with Gasteiger partial charge in [-0.25, -0.2) is 4.79 Å². The smallest absolute Gasteiger partial charge is 0.339 e. The number of ketones is 1. The van der Waals surface area contributed by atoms with Gasteiger partial charge < -0.3 is 4.74 Å². The first kappa shape index (κ1) is 13.7. The highest BCUT2D eigenvalue weighted by atomic mass is 127. The molecule has 0 N–H and O–H groups in total. The number of hydrogen-bond acceptors (Lipinski definition) is 3. The van der Waals surface area contributed by atoms with E-state index in [4.69, 9.17) is 4.74 Å². The number of hydrogen-bond donors (Lipinski definition) is 0. The average molecular weight is 366 g/mol. The Morgan fingerprint density at radius 3 is 2.32 bits per heavy atom. The Labute approximate surface area is 124 Å². The molecule has 0 saturated heterocycles. The van der Waals surface area contributed by atoms with Crippen molar-refractivity contribution in [3.63, 3.8) is 0 Å². The number of esters is 1. The summed E-state index contributed by atoms with van der Waals surface area (Å²) in [6.07, 6.45) is 0. The van der Waals surface area contributed by atoms with Crippen LogP contribution in [0.3, 0.4) is 0 Å². The highest BCUT2D eigenvalue weighted by molar-refractivity contribution is 14.1. The number of halogens is 1. The molecular formula is C15H11IO3. The maximum Gasteiger partial charge on any atom is 0.339 e. The van der Waals surface area contributed by atoms with E-state index in [2.05, 4.69) is 0 Å². The fourth-order valence-corrected chi connectivity index (χ4v) is 2.49. The highest BCUT2D eigenvalue weighted by Crippen LogP contribution is 2.21. The molecule has 0 unspecified atom stereocenters. The Hall–Kier alpha value is -1.69. The molecule has 0 bridgehead atoms. The summed E-state index contributed by atoms with van der Waals surface area (Å²) in [4.78, 5) is 24.2. The molecule has 19 heavy (non-hydrogen) atoms. The summed E-state index contributed by atoms with van der Waals surface area (Å²) in [5.41, 5.74) is 1.24. The minimum atomic E-state index is -0.496. The van der Waals surface area contributed by atoms with Gasteiger partial charge >= 0.3 is 5.97 Å². The summed E-state index contributed by atoms with van der Waals surface area (Å²) >= 11 is 2.02. The van der Waals surface area contributed by atoms with Crippen LogP contribution in [0, 0.1) is 3.57 Å². The van der Waals surface area contributed by atoms with E-state index in [0.717, 1.165) is 0 Å². The summed E-state index contributed by atoms with van der Waals surface area (Å²) < 4.78 is 5.45. The van der Waals surface area contributed by atoms with Crippen LogP contribution >= 0.6 is 22.6 Å². The summed E-state index contributed by atoms with van der Waals surface area (Å²) in [5.74, 6) is -0.677. The molecule has 0 atom stereocenters. The second-order valence-electron chi connectivity index (χ2n) is 3.85. The van der Waals surface area contributed by atoms with Crippen LogP contribution in [-0.2, 0) is 4.74 Å². The predicted octanol–water partition coefficient (Wildman–Crippen LogP) is 3.31. The van der Waals surface area contributed by atoms with Crippen molar-refractivity contribution in [3.05, 3.63) is 68.8 Å². The monoisotopic (exact) mass is 366 g/mol. The maximum absolute atomic E-state index is 12.4. The van der Waals surface area contributed by atoms with Gasteiger partial charge in [-0.1, -0.05) is 42.5 Å². The topological polar surface area (TPSA) is 43.4 Å². The second kappa shape index (κ2) is 5.97. The minimum absolute atomic E-state index is 0.181. The summed E-state index contributed by atoms with van der Waals surface area (Å²) in [5, 5.41) is 0. The molecule has 0 aromatic heterocycles. The van der Waals surface area contributed by atoms with E-state index in [1.54, 1.807) is 42.5 Å². The molecule has 0 aliphatic carbocycles. The third-order valence-electron chi connectivity index (χ3n) is 2.68. The quantitative estimate of drug-likeness (QED) is 0.476. The lowest BCUT2D eigenvalue weighted by atomic mass is 9.98. The molecule has 0 saturated carbocycles. The van der Waals surface area contributed by atoms with Crippen molar-refractivity contribution in [1.29, 1.82) is 0 Å². The Kier molecular flexibility index (Phi) is 4.31. The van der Waals surface area contributed by atoms with E-state index in [1.807, 2.05) is 28.7 Å². The molecular weight excluding hydrogens is 355 g/mol. The van der Waals surface area contributed by atoms with Crippen LogP contribution in [0.1, 0.15) is 26.3 Å². The first-order valence-corrected chi connectivity index (χ1v) is 6.69. The zero-order valence-corrected chi connectivity index (χ0v) is 12.4. The van der Waals surface area contributed by atoms with E-state index in [0.29, 0.717) is 20.3 Å². The van der Waals surface area contributed by atoms with E-state index < -0.39 is 5.97 Å². The van der Waals surface area contributed by atoms with Crippen LogP contribution < -0.4 is 0 Å². The molecule has 0 aliphatic rings. The van der Waals surface area contributed by atoms with Crippen molar-refractivity contribution in [1.82, 2.24) is 0 Å². The van der Waals surface area contributed by atoms with Crippen LogP contribution in [0.15, 0.2) is 48.5 Å². The molecule has 2 aromatic carbocycles. The van der Waals surface area contributed by atoms with Crippen LogP contribution in [0.2, 0.25) is 0 Å². The number of benzene rings is 2. The number of ether oxygens (including phenoxy) is 1. The van der Waals surface area contributed by atoms with Crippen molar-refractivity contribution in [2.45, 2.75) is 0 Å². The van der Waals surface area contributed by atoms with Gasteiger partial charge in [-0.15, -0.1) is 0 Å². The van der Waals surface area contributed by atoms with E-state index in [9.17, 15) is 9.59 Å². The molecule has 2 rings (SSSR count). The van der Waals surface area contributed by atoms with Gasteiger partial charge in [0.2, 0.25) is 0 Å². The van der Waals surface area contributed by atoms with Crippen molar-refractivity contribution < 1.29 is 14.3 Å². The van der Waals surface area contributed by atoms with Crippen molar-refractivity contribution >= 4 is 34.3 Å². The Bertz CT molecular complexity index is 621. The molecule has 4 heteroatoms. The van der Waals surface area contributed by atoms with E-state index >= 15 is 0 Å². The Morgan fingerprint density at radius 2 is 1.68 bits per heavy atom. The number of carbonyl (C=O) groups excluding carboxylic acids is 2. The number of methoxy groups -OCH3 is 1. The van der Waals surface area contributed by atoms with Crippen molar-refractivity contribution in [3.8, 4) is 0 Å². The van der Waals surface area contributed by atoms with Gasteiger partial charge in [0.25, 0.3) is 0 Å². The summed E-state index contributed by atoms with van der Waals surface area (Å²) in [7, 11) is 1.31. The van der Waals surface area contributed by atoms with Gasteiger partial charge in [-0.3, -0.25) is 4.79 Å². The second-order valence-corrected chi connectivity index (χ2v) is 5.01. The third kappa shape index (κ3) is 2.84. The minimum Gasteiger partial charge on any atom is -0.465 e. The SMILES string of the molecule is COC(=O)c1c(I)cccc1C(=O)c1ccccc1. The Morgan fingerprint density at radius 1 is 1.00 bits per heavy atom. The number of carbonyl (C=O) groups is 2. The molecule has 3 nitrogen and oxygen atoms in total. The molecule has 0 heterocycles. The highest BCUT2D eigenvalue weighted by Gasteiger charge is 2.21. The fraction of sp³-hybridized carbons (Fsp3) is 0.0667. The lowest BCUT2D eigenvalue weighted by Crippen LogP contribution is -2.13. The van der Waals surface area contributed by atoms with Gasteiger partial charge in [0.15, 0.2) is 5.78 Å². The van der Waals surface area contributed by atoms with Crippen LogP contribution in [0.25, 0.3) is 0 Å². The van der Waals surface area contributed by atoms with Gasteiger partial charge in [-0.2, -0.15) is 0 Å². The van der Waals surface area contributed by atoms with E-state index in [1.165, 1.54) is 7.11 Å². The maximum atomic E-state index is 12.4. The first-order chi connectivity index (χ1) is 9.15. The predicted molar refractivity (Wildman–Crippen MR) is 80.4 cm³/mol. The first-order valence-electron chi connectivity index (χ1n) is 5.61. The van der Waals surface area contributed by atoms with Crippen molar-refractivity contribution in [2.75, 3.05) is 7.11 Å². The average Bonchev–Trinajstić information content (AvgIpc) is 2.46. The van der Waals surface area contributed by atoms with Crippen LogP contribution in [0.5, 0.6) is 0 Å². The molecule has 0 spiro atoms. The molecule has 0 radical (unpaired) electrons. The molecule has 0 aliphatic heterocycles. The molecule has 96 valence electrons. The zero-order chi connectivity index (χ0) is 13.8. The molecule has 0 fully saturated rings. The van der Waals surface area contributed by atoms with Gasteiger partial charge in [0, 0.05) is 14.7 Å². The van der Waals surface area contributed by atoms with Gasteiger partial charge in [0.1, 0.15) is 0 Å². The van der Waals surface area contributed by atoms with E-state index in [-0.39, 0.29) is 5.78 Å². The summed E-state index contributed by atoms with van der Waals surface area (Å²) in [6, 6.07) is 14.0. The standard InChI is InChI=1S/C15H11IO3/c1-19-15(18)13-11(8-5-9-12(13)16)14(17)10-6-3-2-4-7-10/h2-9H,1H3. The lowest BCUT2D eigenvalue weighted by molar-refractivity contribution is 0.0596. The van der Waals surface area contributed by atoms with Gasteiger partial charge in [0.05, 0.1) is 12.7 Å². The number of rotatable bonds is 3. The molecule has 0 amide bonds. The third-order valence-corrected chi connectivity index (χ3v) is 3.58. The normalized spacial score (nSPS) is 10.0. The molecule has 2 aromatic rings. The fourth-order valence-electron chi connectivity index (χ4n) is 1.77. The van der Waals surface area contributed by atoms with Crippen LogP contribution in [0.4, 0.5) is 0 Å². The Balaban J connectivity index is 2.54.